The van der Waals surface area contributed by atoms with E-state index in [0.29, 0.717) is 11.3 Å². The molecule has 2 aromatic carbocycles. The van der Waals surface area contributed by atoms with Gasteiger partial charge in [0, 0.05) is 10.5 Å². The predicted octanol–water partition coefficient (Wildman–Crippen LogP) is 3.90. The van der Waals surface area contributed by atoms with Crippen molar-refractivity contribution in [1.29, 1.82) is 0 Å². The van der Waals surface area contributed by atoms with Crippen LogP contribution in [0.2, 0.25) is 0 Å². The number of hydrogen-bond donors (Lipinski definition) is 0. The number of ketones is 1. The van der Waals surface area contributed by atoms with Gasteiger partial charge < -0.3 is 9.47 Å². The zero-order valence-electron chi connectivity index (χ0n) is 12.5. The minimum absolute atomic E-state index is 0.312. The zero-order valence-corrected chi connectivity index (χ0v) is 14.1. The van der Waals surface area contributed by atoms with Gasteiger partial charge in [0.25, 0.3) is 0 Å². The van der Waals surface area contributed by atoms with Crippen LogP contribution in [0.1, 0.15) is 15.9 Å². The summed E-state index contributed by atoms with van der Waals surface area (Å²) in [7, 11) is 1.49. The second-order valence-electron chi connectivity index (χ2n) is 4.62. The van der Waals surface area contributed by atoms with Gasteiger partial charge in [0.2, 0.25) is 5.78 Å². The lowest BCUT2D eigenvalue weighted by Crippen LogP contribution is -2.13. The first kappa shape index (κ1) is 17.0. The Balaban J connectivity index is 1.91. The van der Waals surface area contributed by atoms with E-state index in [1.54, 1.807) is 30.3 Å². The molecular weight excluding hydrogens is 360 g/mol. The number of Topliss-reactive ketones (excluding diaryl/α,β-unsaturated/α-hetero) is 1. The fourth-order valence-corrected chi connectivity index (χ4v) is 2.14. The number of benzene rings is 2. The first-order valence-electron chi connectivity index (χ1n) is 6.87. The lowest BCUT2D eigenvalue weighted by Gasteiger charge is -2.07. The van der Waals surface area contributed by atoms with E-state index in [0.717, 1.165) is 10.0 Å². The number of ether oxygens (including phenoxy) is 2. The van der Waals surface area contributed by atoms with Crippen molar-refractivity contribution in [2.45, 2.75) is 0 Å². The monoisotopic (exact) mass is 374 g/mol. The summed E-state index contributed by atoms with van der Waals surface area (Å²) in [6.45, 7) is -0.329. The first-order chi connectivity index (χ1) is 11.1. The highest BCUT2D eigenvalue weighted by Gasteiger charge is 2.13. The van der Waals surface area contributed by atoms with Crippen LogP contribution < -0.4 is 4.74 Å². The molecule has 0 saturated carbocycles. The van der Waals surface area contributed by atoms with Crippen LogP contribution >= 0.6 is 15.9 Å². The van der Waals surface area contributed by atoms with Gasteiger partial charge in [-0.25, -0.2) is 4.79 Å². The third-order valence-electron chi connectivity index (χ3n) is 3.03. The van der Waals surface area contributed by atoms with Gasteiger partial charge in [0.15, 0.2) is 6.61 Å². The predicted molar refractivity (Wildman–Crippen MR) is 91.5 cm³/mol. The molecule has 0 N–H and O–H groups in total. The van der Waals surface area contributed by atoms with Crippen molar-refractivity contribution in [2.24, 2.45) is 0 Å². The van der Waals surface area contributed by atoms with Crippen molar-refractivity contribution in [2.75, 3.05) is 13.7 Å². The molecule has 0 radical (unpaired) electrons. The molecule has 0 aliphatic heterocycles. The molecule has 118 valence electrons. The Morgan fingerprint density at radius 1 is 1.09 bits per heavy atom. The van der Waals surface area contributed by atoms with E-state index in [2.05, 4.69) is 15.9 Å². The summed E-state index contributed by atoms with van der Waals surface area (Å²) in [5.41, 5.74) is 1.25. The summed E-state index contributed by atoms with van der Waals surface area (Å²) in [5, 5.41) is 0. The summed E-state index contributed by atoms with van der Waals surface area (Å²) < 4.78 is 11.0. The van der Waals surface area contributed by atoms with Gasteiger partial charge >= 0.3 is 5.97 Å². The SMILES string of the molecule is COc1ccccc1C(=O)COC(=O)/C=C/c1ccc(Br)cc1. The average molecular weight is 375 g/mol. The summed E-state index contributed by atoms with van der Waals surface area (Å²) >= 11 is 3.34. The van der Waals surface area contributed by atoms with Crippen LogP contribution in [-0.4, -0.2) is 25.5 Å². The molecule has 2 aromatic rings. The Hall–Kier alpha value is -2.40. The van der Waals surface area contributed by atoms with Crippen LogP contribution in [0.3, 0.4) is 0 Å². The fraction of sp³-hybridized carbons (Fsp3) is 0.111. The molecule has 0 aliphatic carbocycles. The Labute approximate surface area is 142 Å². The zero-order chi connectivity index (χ0) is 16.7. The maximum atomic E-state index is 12.1. The second-order valence-corrected chi connectivity index (χ2v) is 5.53. The van der Waals surface area contributed by atoms with Gasteiger partial charge in [-0.1, -0.05) is 40.2 Å². The number of rotatable bonds is 6. The van der Waals surface area contributed by atoms with Gasteiger partial charge in [-0.3, -0.25) is 4.79 Å². The molecule has 5 heteroatoms. The van der Waals surface area contributed by atoms with Crippen LogP contribution in [0, 0.1) is 0 Å². The van der Waals surface area contributed by atoms with Gasteiger partial charge in [0.1, 0.15) is 5.75 Å². The van der Waals surface area contributed by atoms with E-state index < -0.39 is 5.97 Å². The molecule has 0 atom stereocenters. The third kappa shape index (κ3) is 5.07. The summed E-state index contributed by atoms with van der Waals surface area (Å²) in [5.74, 6) is -0.428. The lowest BCUT2D eigenvalue weighted by molar-refractivity contribution is -0.136. The number of methoxy groups -OCH3 is 1. The third-order valence-corrected chi connectivity index (χ3v) is 3.56. The smallest absolute Gasteiger partial charge is 0.331 e. The maximum Gasteiger partial charge on any atom is 0.331 e. The highest BCUT2D eigenvalue weighted by Crippen LogP contribution is 2.17. The van der Waals surface area contributed by atoms with Crippen molar-refractivity contribution >= 4 is 33.8 Å². The second kappa shape index (κ2) is 8.29. The molecule has 0 amide bonds. The highest BCUT2D eigenvalue weighted by molar-refractivity contribution is 9.10. The van der Waals surface area contributed by atoms with E-state index in [1.165, 1.54) is 13.2 Å². The summed E-state index contributed by atoms with van der Waals surface area (Å²) in [6, 6.07) is 14.3. The molecule has 0 saturated heterocycles. The Kier molecular flexibility index (Phi) is 6.11. The largest absolute Gasteiger partial charge is 0.496 e. The van der Waals surface area contributed by atoms with E-state index in [-0.39, 0.29) is 12.4 Å². The lowest BCUT2D eigenvalue weighted by atomic mass is 10.1. The molecular formula is C18H15BrO4. The molecule has 4 nitrogen and oxygen atoms in total. The molecule has 0 fully saturated rings. The fourth-order valence-electron chi connectivity index (χ4n) is 1.88. The molecule has 0 aliphatic rings. The van der Waals surface area contributed by atoms with Crippen LogP contribution in [0.15, 0.2) is 59.1 Å². The number of halogens is 1. The van der Waals surface area contributed by atoms with Crippen LogP contribution in [0.5, 0.6) is 5.75 Å². The molecule has 0 spiro atoms. The summed E-state index contributed by atoms with van der Waals surface area (Å²) in [4.78, 5) is 23.7. The maximum absolute atomic E-state index is 12.1. The van der Waals surface area contributed by atoms with Crippen molar-refractivity contribution < 1.29 is 19.1 Å². The Morgan fingerprint density at radius 3 is 2.48 bits per heavy atom. The first-order valence-corrected chi connectivity index (χ1v) is 7.66. The number of carbonyl (C=O) groups is 2. The van der Waals surface area contributed by atoms with Crippen LogP contribution in [0.4, 0.5) is 0 Å². The summed E-state index contributed by atoms with van der Waals surface area (Å²) in [6.07, 6.45) is 2.92. The van der Waals surface area contributed by atoms with Gasteiger partial charge in [-0.2, -0.15) is 0 Å². The normalized spacial score (nSPS) is 10.5. The van der Waals surface area contributed by atoms with Crippen LogP contribution in [-0.2, 0) is 9.53 Å². The number of para-hydroxylation sites is 1. The topological polar surface area (TPSA) is 52.6 Å². The van der Waals surface area contributed by atoms with Crippen molar-refractivity contribution in [3.63, 3.8) is 0 Å². The standard InChI is InChI=1S/C18H15BrO4/c1-22-17-5-3-2-4-15(17)16(20)12-23-18(21)11-8-13-6-9-14(19)10-7-13/h2-11H,12H2,1H3/b11-8+. The van der Waals surface area contributed by atoms with Crippen molar-refractivity contribution in [3.05, 3.63) is 70.2 Å². The Morgan fingerprint density at radius 2 is 1.78 bits per heavy atom. The highest BCUT2D eigenvalue weighted by atomic mass is 79.9. The number of carbonyl (C=O) groups excluding carboxylic acids is 2. The van der Waals surface area contributed by atoms with Gasteiger partial charge in [-0.15, -0.1) is 0 Å². The van der Waals surface area contributed by atoms with E-state index in [1.807, 2.05) is 24.3 Å². The number of hydrogen-bond acceptors (Lipinski definition) is 4. The van der Waals surface area contributed by atoms with Gasteiger partial charge in [-0.05, 0) is 35.9 Å². The minimum Gasteiger partial charge on any atom is -0.496 e. The minimum atomic E-state index is -0.573. The molecule has 0 heterocycles. The van der Waals surface area contributed by atoms with Crippen molar-refractivity contribution in [1.82, 2.24) is 0 Å². The quantitative estimate of drug-likeness (QED) is 0.437. The Bertz CT molecular complexity index is 720. The van der Waals surface area contributed by atoms with Gasteiger partial charge in [0.05, 0.1) is 12.7 Å². The van der Waals surface area contributed by atoms with E-state index in [9.17, 15) is 9.59 Å². The van der Waals surface area contributed by atoms with E-state index >= 15 is 0 Å². The van der Waals surface area contributed by atoms with E-state index in [4.69, 9.17) is 9.47 Å². The number of esters is 1. The molecule has 23 heavy (non-hydrogen) atoms. The molecule has 2 rings (SSSR count). The molecule has 0 bridgehead atoms. The molecule has 0 unspecified atom stereocenters. The molecule has 0 aromatic heterocycles. The van der Waals surface area contributed by atoms with Crippen molar-refractivity contribution in [3.8, 4) is 5.75 Å². The van der Waals surface area contributed by atoms with Crippen LogP contribution in [0.25, 0.3) is 6.08 Å². The average Bonchev–Trinajstić information content (AvgIpc) is 2.59.